The molecule has 16 heavy (non-hydrogen) atoms. The van der Waals surface area contributed by atoms with Gasteiger partial charge in [0.05, 0.1) is 0 Å². The van der Waals surface area contributed by atoms with Crippen LogP contribution in [0, 0.1) is 0 Å². The minimum atomic E-state index is -7.00. The van der Waals surface area contributed by atoms with Crippen molar-refractivity contribution in [3.8, 4) is 0 Å². The number of carbonyl (C=O) groups is 1. The predicted molar refractivity (Wildman–Crippen MR) is 30.6 cm³/mol. The van der Waals surface area contributed by atoms with Gasteiger partial charge in [-0.1, -0.05) is 0 Å². The van der Waals surface area contributed by atoms with Crippen LogP contribution >= 0.6 is 0 Å². The standard InChI is InChI=1S/C5HF9O.H2O/c6-2(7,1-15)3(8,9)4(10,11)5(12,13)14;/h1H;1H2. The highest BCUT2D eigenvalue weighted by Crippen LogP contribution is 2.52. The SMILES string of the molecule is O.O=CC(F)(F)C(F)(F)C(F)(F)C(F)(F)F. The normalized spacial score (nSPS) is 14.3. The van der Waals surface area contributed by atoms with Gasteiger partial charge in [0.2, 0.25) is 0 Å². The summed E-state index contributed by atoms with van der Waals surface area (Å²) in [7, 11) is 0. The topological polar surface area (TPSA) is 48.6 Å². The maximum atomic E-state index is 12.0. The van der Waals surface area contributed by atoms with Crippen molar-refractivity contribution < 1.29 is 49.8 Å². The quantitative estimate of drug-likeness (QED) is 0.567. The van der Waals surface area contributed by atoms with Gasteiger partial charge in [-0.2, -0.15) is 39.5 Å². The second kappa shape index (κ2) is 4.11. The average molecular weight is 266 g/mol. The predicted octanol–water partition coefficient (Wildman–Crippen LogP) is 1.83. The Labute approximate surface area is 81.3 Å². The molecule has 2 N–H and O–H groups in total. The number of aldehydes is 1. The van der Waals surface area contributed by atoms with Crippen molar-refractivity contribution >= 4 is 6.29 Å². The lowest BCUT2D eigenvalue weighted by atomic mass is 10.1. The van der Waals surface area contributed by atoms with Gasteiger partial charge in [-0.05, 0) is 0 Å². The van der Waals surface area contributed by atoms with Crippen LogP contribution in [0.1, 0.15) is 0 Å². The van der Waals surface area contributed by atoms with E-state index < -0.39 is 30.2 Å². The van der Waals surface area contributed by atoms with E-state index in [-0.39, 0.29) is 5.48 Å². The Bertz CT molecular complexity index is 255. The van der Waals surface area contributed by atoms with E-state index in [1.54, 1.807) is 0 Å². The molecule has 0 saturated carbocycles. The Kier molecular flexibility index (Phi) is 4.47. The lowest BCUT2D eigenvalue weighted by molar-refractivity contribution is -0.386. The van der Waals surface area contributed by atoms with Gasteiger partial charge >= 0.3 is 23.9 Å². The molecule has 0 unspecified atom stereocenters. The highest BCUT2D eigenvalue weighted by Gasteiger charge is 2.81. The molecule has 0 aromatic carbocycles. The third-order valence-electron chi connectivity index (χ3n) is 1.32. The van der Waals surface area contributed by atoms with Crippen LogP contribution in [-0.4, -0.2) is 35.7 Å². The van der Waals surface area contributed by atoms with Crippen molar-refractivity contribution in [2.75, 3.05) is 0 Å². The van der Waals surface area contributed by atoms with Crippen LogP contribution < -0.4 is 0 Å². The van der Waals surface area contributed by atoms with Crippen molar-refractivity contribution in [3.05, 3.63) is 0 Å². The fourth-order valence-electron chi connectivity index (χ4n) is 0.461. The lowest BCUT2D eigenvalue weighted by Gasteiger charge is -2.30. The molecule has 0 spiro atoms. The number of carbonyl (C=O) groups excluding carboxylic acids is 1. The van der Waals surface area contributed by atoms with E-state index in [1.807, 2.05) is 0 Å². The fourth-order valence-corrected chi connectivity index (χ4v) is 0.461. The van der Waals surface area contributed by atoms with E-state index in [0.717, 1.165) is 0 Å². The van der Waals surface area contributed by atoms with Crippen LogP contribution in [0.25, 0.3) is 0 Å². The summed E-state index contributed by atoms with van der Waals surface area (Å²) in [5.41, 5.74) is 0. The molecule has 0 aliphatic carbocycles. The molecule has 0 fully saturated rings. The molecular formula is C5H3F9O2. The maximum Gasteiger partial charge on any atom is 0.460 e. The fraction of sp³-hybridized carbons (Fsp3) is 0.800. The summed E-state index contributed by atoms with van der Waals surface area (Å²) in [5, 5.41) is 0. The Morgan fingerprint density at radius 1 is 0.688 bits per heavy atom. The van der Waals surface area contributed by atoms with Gasteiger partial charge < -0.3 is 5.48 Å². The molecule has 0 aliphatic rings. The average Bonchev–Trinajstić information content (AvgIpc) is 2.01. The van der Waals surface area contributed by atoms with Crippen LogP contribution in [0.4, 0.5) is 39.5 Å². The van der Waals surface area contributed by atoms with Gasteiger partial charge in [0, 0.05) is 0 Å². The van der Waals surface area contributed by atoms with E-state index in [1.165, 1.54) is 0 Å². The Balaban J connectivity index is 0. The van der Waals surface area contributed by atoms with Crippen molar-refractivity contribution in [3.63, 3.8) is 0 Å². The number of hydrogen-bond acceptors (Lipinski definition) is 1. The molecule has 0 amide bonds. The van der Waals surface area contributed by atoms with E-state index >= 15 is 0 Å². The van der Waals surface area contributed by atoms with Crippen molar-refractivity contribution in [1.82, 2.24) is 0 Å². The van der Waals surface area contributed by atoms with Gasteiger partial charge in [-0.15, -0.1) is 0 Å². The third kappa shape index (κ3) is 2.23. The van der Waals surface area contributed by atoms with Crippen LogP contribution in [-0.2, 0) is 4.79 Å². The molecule has 98 valence electrons. The first-order chi connectivity index (χ1) is 6.31. The molecule has 0 atom stereocenters. The molecule has 0 aliphatic heterocycles. The summed E-state index contributed by atoms with van der Waals surface area (Å²) < 4.78 is 105. The molecule has 11 heteroatoms. The van der Waals surface area contributed by atoms with Crippen LogP contribution in [0.3, 0.4) is 0 Å². The number of hydrogen-bond donors (Lipinski definition) is 0. The molecule has 0 radical (unpaired) electrons. The van der Waals surface area contributed by atoms with E-state index in [2.05, 4.69) is 0 Å². The summed E-state index contributed by atoms with van der Waals surface area (Å²) in [6, 6.07) is 0. The van der Waals surface area contributed by atoms with Gasteiger partial charge in [0.1, 0.15) is 0 Å². The van der Waals surface area contributed by atoms with Crippen LogP contribution in [0.15, 0.2) is 0 Å². The van der Waals surface area contributed by atoms with Crippen molar-refractivity contribution in [2.24, 2.45) is 0 Å². The molecule has 0 heterocycles. The summed E-state index contributed by atoms with van der Waals surface area (Å²) in [4.78, 5) is 9.32. The zero-order valence-electron chi connectivity index (χ0n) is 6.89. The van der Waals surface area contributed by atoms with Gasteiger partial charge in [0.15, 0.2) is 6.29 Å². The minimum Gasteiger partial charge on any atom is -0.412 e. The van der Waals surface area contributed by atoms with Crippen LogP contribution in [0.2, 0.25) is 0 Å². The first kappa shape index (κ1) is 17.4. The number of alkyl halides is 9. The number of rotatable bonds is 3. The first-order valence-electron chi connectivity index (χ1n) is 2.98. The summed E-state index contributed by atoms with van der Waals surface area (Å²) >= 11 is 0. The minimum absolute atomic E-state index is 0. The third-order valence-corrected chi connectivity index (χ3v) is 1.32. The summed E-state index contributed by atoms with van der Waals surface area (Å²) in [5.74, 6) is -19.9. The lowest BCUT2D eigenvalue weighted by Crippen LogP contribution is -2.61. The Morgan fingerprint density at radius 2 is 1.00 bits per heavy atom. The van der Waals surface area contributed by atoms with E-state index in [4.69, 9.17) is 0 Å². The van der Waals surface area contributed by atoms with Gasteiger partial charge in [-0.3, -0.25) is 4.79 Å². The molecule has 2 nitrogen and oxygen atoms in total. The van der Waals surface area contributed by atoms with E-state index in [9.17, 15) is 44.3 Å². The van der Waals surface area contributed by atoms with Gasteiger partial charge in [-0.25, -0.2) is 0 Å². The Hall–Kier alpha value is -1.00. The largest absolute Gasteiger partial charge is 0.460 e. The molecular weight excluding hydrogens is 263 g/mol. The summed E-state index contributed by atoms with van der Waals surface area (Å²) in [6.45, 7) is 0. The zero-order chi connectivity index (χ0) is 12.7. The Morgan fingerprint density at radius 3 is 1.19 bits per heavy atom. The van der Waals surface area contributed by atoms with Crippen molar-refractivity contribution in [1.29, 1.82) is 0 Å². The highest BCUT2D eigenvalue weighted by atomic mass is 19.4. The first-order valence-corrected chi connectivity index (χ1v) is 2.98. The molecule has 0 saturated heterocycles. The molecule has 0 bridgehead atoms. The zero-order valence-corrected chi connectivity index (χ0v) is 6.89. The van der Waals surface area contributed by atoms with Crippen LogP contribution in [0.5, 0.6) is 0 Å². The molecule has 0 rings (SSSR count). The summed E-state index contributed by atoms with van der Waals surface area (Å²) in [6.07, 6.45) is -8.85. The smallest absolute Gasteiger partial charge is 0.412 e. The molecule has 0 aromatic rings. The highest BCUT2D eigenvalue weighted by molar-refractivity contribution is 5.62. The van der Waals surface area contributed by atoms with Crippen molar-refractivity contribution in [2.45, 2.75) is 23.9 Å². The van der Waals surface area contributed by atoms with E-state index in [0.29, 0.717) is 0 Å². The maximum absolute atomic E-state index is 12.0. The second-order valence-corrected chi connectivity index (χ2v) is 2.39. The monoisotopic (exact) mass is 266 g/mol. The number of halogens is 9. The molecule has 0 aromatic heterocycles. The second-order valence-electron chi connectivity index (χ2n) is 2.39. The van der Waals surface area contributed by atoms with Gasteiger partial charge in [0.25, 0.3) is 0 Å².